The fourth-order valence-electron chi connectivity index (χ4n) is 1.97. The summed E-state index contributed by atoms with van der Waals surface area (Å²) in [5, 5.41) is 13.4. The molecule has 1 amide bonds. The molecule has 1 N–H and O–H groups in total. The van der Waals surface area contributed by atoms with E-state index in [1.165, 1.54) is 12.1 Å². The number of ether oxygens (including phenoxy) is 1. The molecule has 0 aliphatic carbocycles. The van der Waals surface area contributed by atoms with Crippen LogP contribution in [0.5, 0.6) is 0 Å². The summed E-state index contributed by atoms with van der Waals surface area (Å²) in [7, 11) is 0. The van der Waals surface area contributed by atoms with Crippen molar-refractivity contribution in [3.05, 3.63) is 68.2 Å². The molecule has 0 atom stereocenters. The van der Waals surface area contributed by atoms with Crippen LogP contribution in [-0.2, 0) is 9.53 Å². The van der Waals surface area contributed by atoms with E-state index < -0.39 is 23.4 Å². The van der Waals surface area contributed by atoms with Crippen molar-refractivity contribution in [2.24, 2.45) is 0 Å². The van der Waals surface area contributed by atoms with Crippen molar-refractivity contribution in [2.45, 2.75) is 6.92 Å². The Morgan fingerprint density at radius 2 is 1.96 bits per heavy atom. The normalized spacial score (nSPS) is 10.1. The highest BCUT2D eigenvalue weighted by molar-refractivity contribution is 9.10. The minimum Gasteiger partial charge on any atom is -0.452 e. The van der Waals surface area contributed by atoms with Crippen LogP contribution in [0.1, 0.15) is 15.9 Å². The lowest BCUT2D eigenvalue weighted by Gasteiger charge is -2.09. The van der Waals surface area contributed by atoms with E-state index in [1.807, 2.05) is 0 Å². The number of anilines is 1. The molecule has 7 nitrogen and oxygen atoms in total. The lowest BCUT2D eigenvalue weighted by Crippen LogP contribution is -2.22. The van der Waals surface area contributed by atoms with E-state index in [4.69, 9.17) is 4.74 Å². The van der Waals surface area contributed by atoms with Gasteiger partial charge in [-0.3, -0.25) is 14.9 Å². The Hall–Kier alpha value is -2.74. The Kier molecular flexibility index (Phi) is 5.64. The predicted octanol–water partition coefficient (Wildman–Crippen LogP) is 3.46. The maximum absolute atomic E-state index is 11.9. The van der Waals surface area contributed by atoms with Gasteiger partial charge in [-0.05, 0) is 30.7 Å². The number of hydrogen-bond acceptors (Lipinski definition) is 5. The number of hydrogen-bond donors (Lipinski definition) is 1. The van der Waals surface area contributed by atoms with E-state index in [1.54, 1.807) is 37.3 Å². The summed E-state index contributed by atoms with van der Waals surface area (Å²) in [5.41, 5.74) is 0.697. The molecule has 2 rings (SSSR count). The molecule has 0 radical (unpaired) electrons. The lowest BCUT2D eigenvalue weighted by molar-refractivity contribution is -0.384. The summed E-state index contributed by atoms with van der Waals surface area (Å²) >= 11 is 3.23. The zero-order valence-electron chi connectivity index (χ0n) is 12.6. The van der Waals surface area contributed by atoms with Gasteiger partial charge in [-0.2, -0.15) is 0 Å². The smallest absolute Gasteiger partial charge is 0.338 e. The molecule has 0 bridgehead atoms. The second-order valence-electron chi connectivity index (χ2n) is 4.86. The van der Waals surface area contributed by atoms with Crippen LogP contribution in [0.15, 0.2) is 46.9 Å². The van der Waals surface area contributed by atoms with E-state index >= 15 is 0 Å². The van der Waals surface area contributed by atoms with Gasteiger partial charge in [0.2, 0.25) is 0 Å². The van der Waals surface area contributed by atoms with Crippen LogP contribution in [-0.4, -0.2) is 23.4 Å². The number of rotatable bonds is 5. The summed E-state index contributed by atoms with van der Waals surface area (Å²) in [6.45, 7) is 1.09. The van der Waals surface area contributed by atoms with Crippen molar-refractivity contribution in [1.82, 2.24) is 0 Å². The molecule has 0 fully saturated rings. The number of nitro groups is 1. The van der Waals surface area contributed by atoms with E-state index in [2.05, 4.69) is 21.2 Å². The SMILES string of the molecule is Cc1cccc([N+](=O)[O-])c1NC(=O)COC(=O)c1cccc(Br)c1. The van der Waals surface area contributed by atoms with Gasteiger partial charge in [-0.1, -0.05) is 34.1 Å². The zero-order chi connectivity index (χ0) is 17.7. The standard InChI is InChI=1S/C16H13BrN2O5/c1-10-4-2-7-13(19(22)23)15(10)18-14(20)9-24-16(21)11-5-3-6-12(17)8-11/h2-8H,9H2,1H3,(H,18,20). The maximum Gasteiger partial charge on any atom is 0.338 e. The number of nitro benzene ring substituents is 1. The number of carbonyl (C=O) groups is 2. The highest BCUT2D eigenvalue weighted by atomic mass is 79.9. The fourth-order valence-corrected chi connectivity index (χ4v) is 2.37. The first-order valence-electron chi connectivity index (χ1n) is 6.85. The number of nitrogens with zero attached hydrogens (tertiary/aromatic N) is 1. The predicted molar refractivity (Wildman–Crippen MR) is 90.9 cm³/mol. The minimum atomic E-state index is -0.661. The van der Waals surface area contributed by atoms with Gasteiger partial charge >= 0.3 is 5.97 Å². The third-order valence-corrected chi connectivity index (χ3v) is 3.60. The van der Waals surface area contributed by atoms with Crippen molar-refractivity contribution in [3.8, 4) is 0 Å². The molecule has 0 unspecified atom stereocenters. The van der Waals surface area contributed by atoms with Crippen molar-refractivity contribution in [3.63, 3.8) is 0 Å². The highest BCUT2D eigenvalue weighted by Crippen LogP contribution is 2.27. The molecule has 0 aliphatic heterocycles. The van der Waals surface area contributed by atoms with Crippen LogP contribution in [0, 0.1) is 17.0 Å². The molecule has 0 aliphatic rings. The van der Waals surface area contributed by atoms with Crippen LogP contribution in [0.2, 0.25) is 0 Å². The van der Waals surface area contributed by atoms with Crippen LogP contribution >= 0.6 is 15.9 Å². The number of aryl methyl sites for hydroxylation is 1. The van der Waals surface area contributed by atoms with Crippen LogP contribution < -0.4 is 5.32 Å². The van der Waals surface area contributed by atoms with Crippen LogP contribution in [0.25, 0.3) is 0 Å². The van der Waals surface area contributed by atoms with Crippen molar-refractivity contribution in [1.29, 1.82) is 0 Å². The summed E-state index contributed by atoms with van der Waals surface area (Å²) < 4.78 is 5.62. The van der Waals surface area contributed by atoms with Gasteiger partial charge in [0.1, 0.15) is 5.69 Å². The molecule has 8 heteroatoms. The highest BCUT2D eigenvalue weighted by Gasteiger charge is 2.18. The number of para-hydroxylation sites is 1. The zero-order valence-corrected chi connectivity index (χ0v) is 14.2. The topological polar surface area (TPSA) is 98.5 Å². The number of nitrogens with one attached hydrogen (secondary N) is 1. The summed E-state index contributed by atoms with van der Waals surface area (Å²) in [4.78, 5) is 34.2. The van der Waals surface area contributed by atoms with Crippen molar-refractivity contribution >= 4 is 39.2 Å². The first kappa shape index (κ1) is 17.6. The van der Waals surface area contributed by atoms with E-state index in [0.717, 1.165) is 0 Å². The van der Waals surface area contributed by atoms with E-state index in [0.29, 0.717) is 15.6 Å². The third kappa shape index (κ3) is 4.39. The Labute approximate surface area is 145 Å². The first-order valence-corrected chi connectivity index (χ1v) is 7.64. The molecule has 0 spiro atoms. The van der Waals surface area contributed by atoms with Crippen molar-refractivity contribution < 1.29 is 19.2 Å². The maximum atomic E-state index is 11.9. The van der Waals surface area contributed by atoms with E-state index in [9.17, 15) is 19.7 Å². The summed E-state index contributed by atoms with van der Waals surface area (Å²) in [6.07, 6.45) is 0. The first-order chi connectivity index (χ1) is 11.4. The largest absolute Gasteiger partial charge is 0.452 e. The van der Waals surface area contributed by atoms with E-state index in [-0.39, 0.29) is 11.4 Å². The lowest BCUT2D eigenvalue weighted by atomic mass is 10.1. The second-order valence-corrected chi connectivity index (χ2v) is 5.78. The van der Waals surface area contributed by atoms with Crippen LogP contribution in [0.4, 0.5) is 11.4 Å². The number of carbonyl (C=O) groups excluding carboxylic acids is 2. The number of benzene rings is 2. The van der Waals surface area contributed by atoms with Gasteiger partial charge in [0.15, 0.2) is 6.61 Å². The second kappa shape index (κ2) is 7.69. The summed E-state index contributed by atoms with van der Waals surface area (Å²) in [5.74, 6) is -1.32. The molecular weight excluding hydrogens is 380 g/mol. The number of amides is 1. The fraction of sp³-hybridized carbons (Fsp3) is 0.125. The van der Waals surface area contributed by atoms with Gasteiger partial charge in [0.05, 0.1) is 10.5 Å². The summed E-state index contributed by atoms with van der Waals surface area (Å²) in [6, 6.07) is 11.0. The third-order valence-electron chi connectivity index (χ3n) is 3.11. The van der Waals surface area contributed by atoms with Crippen LogP contribution in [0.3, 0.4) is 0 Å². The quantitative estimate of drug-likeness (QED) is 0.477. The molecule has 2 aromatic carbocycles. The minimum absolute atomic E-state index is 0.0889. The van der Waals surface area contributed by atoms with Gasteiger partial charge in [-0.15, -0.1) is 0 Å². The number of halogens is 1. The van der Waals surface area contributed by atoms with Gasteiger partial charge in [-0.25, -0.2) is 4.79 Å². The molecule has 0 saturated carbocycles. The molecule has 0 heterocycles. The molecular formula is C16H13BrN2O5. The monoisotopic (exact) mass is 392 g/mol. The van der Waals surface area contributed by atoms with Gasteiger partial charge < -0.3 is 10.1 Å². The average molecular weight is 393 g/mol. The Morgan fingerprint density at radius 3 is 2.62 bits per heavy atom. The molecule has 124 valence electrons. The van der Waals surface area contributed by atoms with Gasteiger partial charge in [0.25, 0.3) is 11.6 Å². The average Bonchev–Trinajstić information content (AvgIpc) is 2.54. The van der Waals surface area contributed by atoms with Gasteiger partial charge in [0, 0.05) is 10.5 Å². The molecule has 24 heavy (non-hydrogen) atoms. The molecule has 0 aromatic heterocycles. The Bertz CT molecular complexity index is 807. The Morgan fingerprint density at radius 1 is 1.25 bits per heavy atom. The van der Waals surface area contributed by atoms with Crippen molar-refractivity contribution in [2.75, 3.05) is 11.9 Å². The molecule has 0 saturated heterocycles. The molecule has 2 aromatic rings. The Balaban J connectivity index is 2.02. The number of esters is 1.